The first-order valence-corrected chi connectivity index (χ1v) is 12.4. The lowest BCUT2D eigenvalue weighted by molar-refractivity contribution is 0.166. The van der Waals surface area contributed by atoms with Gasteiger partial charge in [-0.15, -0.1) is 0 Å². The van der Waals surface area contributed by atoms with Gasteiger partial charge in [0.2, 0.25) is 5.89 Å². The van der Waals surface area contributed by atoms with Gasteiger partial charge in [-0.3, -0.25) is 9.89 Å². The molecule has 1 unspecified atom stereocenters. The van der Waals surface area contributed by atoms with Gasteiger partial charge in [0.05, 0.1) is 12.2 Å². The Labute approximate surface area is 189 Å². The number of hydrogen-bond donors (Lipinski definition) is 1. The van der Waals surface area contributed by atoms with Crippen LogP contribution in [-0.4, -0.2) is 84.5 Å². The number of nitrogens with one attached hydrogen (secondary N) is 1. The molecule has 7 nitrogen and oxygen atoms in total. The van der Waals surface area contributed by atoms with Crippen molar-refractivity contribution in [2.75, 3.05) is 58.9 Å². The zero-order valence-corrected chi connectivity index (χ0v) is 20.5. The lowest BCUT2D eigenvalue weighted by Gasteiger charge is -2.30. The predicted octanol–water partition coefficient (Wildman–Crippen LogP) is 3.13. The Bertz CT molecular complexity index is 671. The summed E-state index contributed by atoms with van der Waals surface area (Å²) in [6, 6.07) is 0. The van der Waals surface area contributed by atoms with E-state index in [9.17, 15) is 0 Å². The number of rotatable bonds is 9. The summed E-state index contributed by atoms with van der Waals surface area (Å²) in [5.74, 6) is 4.35. The third kappa shape index (κ3) is 6.94. The van der Waals surface area contributed by atoms with E-state index < -0.39 is 0 Å². The lowest BCUT2D eigenvalue weighted by Crippen LogP contribution is -2.41. The van der Waals surface area contributed by atoms with Crippen molar-refractivity contribution in [3.8, 4) is 0 Å². The van der Waals surface area contributed by atoms with Crippen LogP contribution in [0, 0.1) is 25.7 Å². The fourth-order valence-electron chi connectivity index (χ4n) is 4.79. The highest BCUT2D eigenvalue weighted by molar-refractivity contribution is 5.80. The fraction of sp³-hybridized carbons (Fsp3) is 0.833. The summed E-state index contributed by atoms with van der Waals surface area (Å²) in [4.78, 5) is 17.1. The highest BCUT2D eigenvalue weighted by Gasteiger charge is 2.26. The van der Waals surface area contributed by atoms with Crippen LogP contribution >= 0.6 is 0 Å². The second-order valence-electron chi connectivity index (χ2n) is 9.25. The van der Waals surface area contributed by atoms with E-state index in [1.807, 2.05) is 13.8 Å². The number of aliphatic imine (C=N–C) groups is 1. The van der Waals surface area contributed by atoms with Crippen molar-refractivity contribution >= 4 is 5.96 Å². The van der Waals surface area contributed by atoms with Crippen LogP contribution in [0.5, 0.6) is 0 Å². The van der Waals surface area contributed by atoms with Gasteiger partial charge in [-0.05, 0) is 78.0 Å². The van der Waals surface area contributed by atoms with Gasteiger partial charge in [0.25, 0.3) is 0 Å². The second-order valence-corrected chi connectivity index (χ2v) is 9.25. The molecule has 2 aliphatic heterocycles. The van der Waals surface area contributed by atoms with E-state index in [-0.39, 0.29) is 0 Å². The van der Waals surface area contributed by atoms with E-state index >= 15 is 0 Å². The SMILES string of the molecule is CCNC(=NCC1CCN(Cc2nc(C)c(C)o2)CC1)N1CCC(CN(CC)CC)C1. The molecule has 176 valence electrons. The normalized spacial score (nSPS) is 21.4. The Hall–Kier alpha value is -1.60. The smallest absolute Gasteiger partial charge is 0.208 e. The first kappa shape index (κ1) is 24.1. The quantitative estimate of drug-likeness (QED) is 0.478. The Balaban J connectivity index is 1.45. The highest BCUT2D eigenvalue weighted by atomic mass is 16.4. The van der Waals surface area contributed by atoms with E-state index in [0.717, 1.165) is 88.1 Å². The Morgan fingerprint density at radius 2 is 1.81 bits per heavy atom. The molecule has 2 fully saturated rings. The van der Waals surface area contributed by atoms with Crippen molar-refractivity contribution in [1.82, 2.24) is 25.0 Å². The summed E-state index contributed by atoms with van der Waals surface area (Å²) in [6.07, 6.45) is 3.68. The van der Waals surface area contributed by atoms with Gasteiger partial charge in [-0.1, -0.05) is 13.8 Å². The van der Waals surface area contributed by atoms with Crippen LogP contribution in [0.2, 0.25) is 0 Å². The molecule has 2 aliphatic rings. The molecular formula is C24H44N6O. The largest absolute Gasteiger partial charge is 0.444 e. The molecule has 1 N–H and O–H groups in total. The minimum absolute atomic E-state index is 0.673. The van der Waals surface area contributed by atoms with Gasteiger partial charge in [0.1, 0.15) is 5.76 Å². The molecule has 3 rings (SSSR count). The lowest BCUT2D eigenvalue weighted by atomic mass is 9.97. The minimum Gasteiger partial charge on any atom is -0.444 e. The summed E-state index contributed by atoms with van der Waals surface area (Å²) >= 11 is 0. The van der Waals surface area contributed by atoms with E-state index in [4.69, 9.17) is 9.41 Å². The molecule has 2 saturated heterocycles. The predicted molar refractivity (Wildman–Crippen MR) is 127 cm³/mol. The molecule has 0 saturated carbocycles. The number of oxazole rings is 1. The molecule has 1 aromatic rings. The Morgan fingerprint density at radius 3 is 2.42 bits per heavy atom. The Kier molecular flexibility index (Phi) is 9.20. The van der Waals surface area contributed by atoms with Crippen LogP contribution in [0.15, 0.2) is 9.41 Å². The van der Waals surface area contributed by atoms with Crippen molar-refractivity contribution in [3.63, 3.8) is 0 Å². The zero-order valence-electron chi connectivity index (χ0n) is 20.5. The molecule has 31 heavy (non-hydrogen) atoms. The van der Waals surface area contributed by atoms with Gasteiger partial charge in [-0.2, -0.15) is 0 Å². The molecule has 0 aromatic carbocycles. The molecule has 3 heterocycles. The van der Waals surface area contributed by atoms with Crippen LogP contribution in [-0.2, 0) is 6.54 Å². The summed E-state index contributed by atoms with van der Waals surface area (Å²) in [6.45, 7) is 21.4. The van der Waals surface area contributed by atoms with Crippen molar-refractivity contribution in [2.24, 2.45) is 16.8 Å². The van der Waals surface area contributed by atoms with E-state index in [1.165, 1.54) is 25.8 Å². The van der Waals surface area contributed by atoms with Crippen LogP contribution in [0.25, 0.3) is 0 Å². The van der Waals surface area contributed by atoms with Crippen molar-refractivity contribution in [3.05, 3.63) is 17.3 Å². The van der Waals surface area contributed by atoms with Gasteiger partial charge >= 0.3 is 0 Å². The van der Waals surface area contributed by atoms with Gasteiger partial charge < -0.3 is 19.5 Å². The molecule has 0 radical (unpaired) electrons. The molecule has 1 atom stereocenters. The van der Waals surface area contributed by atoms with Crippen molar-refractivity contribution < 1.29 is 4.42 Å². The topological polar surface area (TPSA) is 60.1 Å². The minimum atomic E-state index is 0.673. The van der Waals surface area contributed by atoms with E-state index in [0.29, 0.717) is 5.92 Å². The second kappa shape index (κ2) is 11.9. The third-order valence-electron chi connectivity index (χ3n) is 6.97. The first-order chi connectivity index (χ1) is 15.0. The number of aromatic nitrogens is 1. The van der Waals surface area contributed by atoms with Gasteiger partial charge in [0.15, 0.2) is 5.96 Å². The van der Waals surface area contributed by atoms with Crippen LogP contribution in [0.3, 0.4) is 0 Å². The first-order valence-electron chi connectivity index (χ1n) is 12.4. The average molecular weight is 433 g/mol. The molecule has 0 amide bonds. The molecule has 0 aliphatic carbocycles. The number of nitrogens with zero attached hydrogens (tertiary/aromatic N) is 5. The molecule has 1 aromatic heterocycles. The number of guanidine groups is 1. The molecule has 0 bridgehead atoms. The van der Waals surface area contributed by atoms with Gasteiger partial charge in [0, 0.05) is 32.7 Å². The number of piperidine rings is 1. The number of aryl methyl sites for hydroxylation is 2. The Morgan fingerprint density at radius 1 is 1.10 bits per heavy atom. The maximum absolute atomic E-state index is 5.76. The van der Waals surface area contributed by atoms with Crippen LogP contribution < -0.4 is 5.32 Å². The standard InChI is InChI=1S/C24H44N6O/c1-6-25-24(30-14-11-22(17-30)16-28(7-2)8-3)26-15-21-9-12-29(13-10-21)18-23-27-19(4)20(5)31-23/h21-22H,6-18H2,1-5H3,(H,25,26). The monoisotopic (exact) mass is 432 g/mol. The number of likely N-dealkylation sites (tertiary alicyclic amines) is 2. The summed E-state index contributed by atoms with van der Waals surface area (Å²) < 4.78 is 5.76. The highest BCUT2D eigenvalue weighted by Crippen LogP contribution is 2.21. The summed E-state index contributed by atoms with van der Waals surface area (Å²) in [7, 11) is 0. The summed E-state index contributed by atoms with van der Waals surface area (Å²) in [5, 5.41) is 3.55. The van der Waals surface area contributed by atoms with E-state index in [2.05, 4.69) is 45.8 Å². The fourth-order valence-corrected chi connectivity index (χ4v) is 4.79. The van der Waals surface area contributed by atoms with Gasteiger partial charge in [-0.25, -0.2) is 4.98 Å². The summed E-state index contributed by atoms with van der Waals surface area (Å²) in [5.41, 5.74) is 1.01. The molecular weight excluding hydrogens is 388 g/mol. The van der Waals surface area contributed by atoms with Crippen LogP contribution in [0.4, 0.5) is 0 Å². The average Bonchev–Trinajstić information content (AvgIpc) is 3.36. The maximum Gasteiger partial charge on any atom is 0.208 e. The van der Waals surface area contributed by atoms with Crippen molar-refractivity contribution in [2.45, 2.75) is 60.4 Å². The maximum atomic E-state index is 5.76. The number of hydrogen-bond acceptors (Lipinski definition) is 5. The molecule has 0 spiro atoms. The van der Waals surface area contributed by atoms with Crippen molar-refractivity contribution in [1.29, 1.82) is 0 Å². The third-order valence-corrected chi connectivity index (χ3v) is 6.97. The van der Waals surface area contributed by atoms with E-state index in [1.54, 1.807) is 0 Å². The zero-order chi connectivity index (χ0) is 22.2. The molecule has 7 heteroatoms. The van der Waals surface area contributed by atoms with Crippen LogP contribution in [0.1, 0.15) is 57.4 Å².